The van der Waals surface area contributed by atoms with Crippen LogP contribution in [0.2, 0.25) is 0 Å². The maximum atomic E-state index is 14.3. The van der Waals surface area contributed by atoms with Gasteiger partial charge in [0.05, 0.1) is 11.9 Å². The predicted octanol–water partition coefficient (Wildman–Crippen LogP) is 4.58. The summed E-state index contributed by atoms with van der Waals surface area (Å²) < 4.78 is 38.0. The minimum Gasteiger partial charge on any atom is -0.454 e. The van der Waals surface area contributed by atoms with Gasteiger partial charge in [0.25, 0.3) is 0 Å². The zero-order chi connectivity index (χ0) is 30.4. The Morgan fingerprint density at radius 3 is 2.35 bits per heavy atom. The van der Waals surface area contributed by atoms with Gasteiger partial charge in [-0.1, -0.05) is 79.4 Å². The molecule has 0 unspecified atom stereocenters. The van der Waals surface area contributed by atoms with Crippen LogP contribution in [0.3, 0.4) is 0 Å². The summed E-state index contributed by atoms with van der Waals surface area (Å²) in [6, 6.07) is 21.3. The summed E-state index contributed by atoms with van der Waals surface area (Å²) in [5, 5.41) is 3.22. The first-order chi connectivity index (χ1) is 20.7. The highest BCUT2D eigenvalue weighted by Crippen LogP contribution is 2.36. The molecule has 9 nitrogen and oxygen atoms in total. The van der Waals surface area contributed by atoms with Crippen molar-refractivity contribution >= 4 is 27.5 Å². The van der Waals surface area contributed by atoms with Crippen LogP contribution < -0.4 is 19.1 Å². The predicted molar refractivity (Wildman–Crippen MR) is 165 cm³/mol. The summed E-state index contributed by atoms with van der Waals surface area (Å²) in [7, 11) is -3.88. The molecular formula is C33H39N3O6S. The van der Waals surface area contributed by atoms with E-state index in [4.69, 9.17) is 9.47 Å². The molecule has 2 aliphatic rings. The van der Waals surface area contributed by atoms with Gasteiger partial charge in [0.1, 0.15) is 12.6 Å². The quantitative estimate of drug-likeness (QED) is 0.343. The van der Waals surface area contributed by atoms with Crippen LogP contribution in [0.1, 0.15) is 48.8 Å². The molecule has 0 spiro atoms. The second-order valence-corrected chi connectivity index (χ2v) is 13.3. The number of carbonyl (C=O) groups is 2. The molecule has 0 aromatic heterocycles. The first-order valence-electron chi connectivity index (χ1n) is 14.7. The number of aryl methyl sites for hydroxylation is 1. The first kappa shape index (κ1) is 30.4. The number of nitrogens with zero attached hydrogens (tertiary/aromatic N) is 2. The maximum Gasteiger partial charge on any atom is 0.244 e. The van der Waals surface area contributed by atoms with Crippen molar-refractivity contribution in [1.82, 2.24) is 10.2 Å². The molecule has 1 heterocycles. The number of rotatable bonds is 11. The molecule has 10 heteroatoms. The lowest BCUT2D eigenvalue weighted by Gasteiger charge is -2.35. The molecule has 43 heavy (non-hydrogen) atoms. The second kappa shape index (κ2) is 13.5. The second-order valence-electron chi connectivity index (χ2n) is 11.4. The standard InChI is InChI=1S/C33H39N3O6S/c1-24-10-9-13-26(18-24)21-35(29(19-25-11-5-3-6-12-25)33(38)34-27-14-7-4-8-15-27)32(37)22-36(43(2,39)40)28-16-17-30-31(20-28)42-23-41-30/h3,5-6,9-13,16-18,20,27,29H,4,7-8,14-15,19,21-23H2,1-2H3,(H,34,38)/t29-/m0/s1. The highest BCUT2D eigenvalue weighted by atomic mass is 32.2. The first-order valence-corrected chi connectivity index (χ1v) is 16.6. The molecule has 3 aromatic carbocycles. The van der Waals surface area contributed by atoms with E-state index >= 15 is 0 Å². The highest BCUT2D eigenvalue weighted by Gasteiger charge is 2.34. The van der Waals surface area contributed by atoms with Gasteiger partial charge in [0.2, 0.25) is 28.6 Å². The fourth-order valence-corrected chi connectivity index (χ4v) is 6.60. The van der Waals surface area contributed by atoms with E-state index in [1.54, 1.807) is 18.2 Å². The van der Waals surface area contributed by atoms with Crippen LogP contribution >= 0.6 is 0 Å². The number of hydrogen-bond acceptors (Lipinski definition) is 6. The molecule has 0 radical (unpaired) electrons. The topological polar surface area (TPSA) is 105 Å². The van der Waals surface area contributed by atoms with Crippen molar-refractivity contribution in [2.75, 3.05) is 23.9 Å². The molecule has 2 amide bonds. The number of fused-ring (bicyclic) bond motifs is 1. The number of ether oxygens (including phenoxy) is 2. The van der Waals surface area contributed by atoms with Crippen molar-refractivity contribution in [3.05, 3.63) is 89.5 Å². The monoisotopic (exact) mass is 605 g/mol. The van der Waals surface area contributed by atoms with Gasteiger partial charge < -0.3 is 19.7 Å². The Hall–Kier alpha value is -4.05. The summed E-state index contributed by atoms with van der Waals surface area (Å²) in [5.74, 6) is 0.200. The lowest BCUT2D eigenvalue weighted by atomic mass is 9.94. The van der Waals surface area contributed by atoms with Crippen LogP contribution in [0.15, 0.2) is 72.8 Å². The zero-order valence-electron chi connectivity index (χ0n) is 24.7. The summed E-state index contributed by atoms with van der Waals surface area (Å²) in [4.78, 5) is 29.9. The molecule has 228 valence electrons. The number of nitrogens with one attached hydrogen (secondary N) is 1. The highest BCUT2D eigenvalue weighted by molar-refractivity contribution is 7.92. The van der Waals surface area contributed by atoms with Crippen LogP contribution in [-0.4, -0.2) is 56.8 Å². The Labute approximate surface area is 253 Å². The van der Waals surface area contributed by atoms with E-state index < -0.39 is 28.5 Å². The number of benzene rings is 3. The normalized spacial score (nSPS) is 15.5. The van der Waals surface area contributed by atoms with Gasteiger partial charge in [-0.2, -0.15) is 0 Å². The van der Waals surface area contributed by atoms with Crippen LogP contribution in [0.25, 0.3) is 0 Å². The minimum atomic E-state index is -3.88. The van der Waals surface area contributed by atoms with E-state index in [0.717, 1.165) is 59.4 Å². The fraction of sp³-hybridized carbons (Fsp3) is 0.394. The molecule has 1 aliphatic carbocycles. The molecule has 1 atom stereocenters. The van der Waals surface area contributed by atoms with Crippen molar-refractivity contribution in [2.45, 2.75) is 64.1 Å². The average Bonchev–Trinajstić information content (AvgIpc) is 3.46. The Morgan fingerprint density at radius 1 is 0.907 bits per heavy atom. The Kier molecular flexibility index (Phi) is 9.55. The molecule has 3 aromatic rings. The third kappa shape index (κ3) is 7.87. The molecule has 0 saturated heterocycles. The molecule has 5 rings (SSSR count). The van der Waals surface area contributed by atoms with Gasteiger partial charge >= 0.3 is 0 Å². The summed E-state index contributed by atoms with van der Waals surface area (Å²) in [5.41, 5.74) is 3.06. The fourth-order valence-electron chi connectivity index (χ4n) is 5.76. The number of anilines is 1. The molecule has 1 N–H and O–H groups in total. The summed E-state index contributed by atoms with van der Waals surface area (Å²) >= 11 is 0. The Morgan fingerprint density at radius 2 is 1.63 bits per heavy atom. The van der Waals surface area contributed by atoms with E-state index in [1.165, 1.54) is 4.90 Å². The Bertz CT molecular complexity index is 1540. The molecule has 1 fully saturated rings. The van der Waals surface area contributed by atoms with Crippen LogP contribution in [0.5, 0.6) is 11.5 Å². The molecule has 1 aliphatic heterocycles. The van der Waals surface area contributed by atoms with Gasteiger partial charge in [0, 0.05) is 25.1 Å². The van der Waals surface area contributed by atoms with Crippen molar-refractivity contribution < 1.29 is 27.5 Å². The van der Waals surface area contributed by atoms with E-state index in [0.29, 0.717) is 17.9 Å². The van der Waals surface area contributed by atoms with Gasteiger partial charge in [-0.15, -0.1) is 0 Å². The third-order valence-electron chi connectivity index (χ3n) is 7.98. The smallest absolute Gasteiger partial charge is 0.244 e. The van der Waals surface area contributed by atoms with Crippen LogP contribution in [-0.2, 0) is 32.6 Å². The van der Waals surface area contributed by atoms with E-state index in [-0.39, 0.29) is 31.0 Å². The lowest BCUT2D eigenvalue weighted by molar-refractivity contribution is -0.140. The van der Waals surface area contributed by atoms with Gasteiger partial charge in [-0.3, -0.25) is 13.9 Å². The maximum absolute atomic E-state index is 14.3. The van der Waals surface area contributed by atoms with Crippen molar-refractivity contribution in [3.8, 4) is 11.5 Å². The minimum absolute atomic E-state index is 0.0398. The lowest BCUT2D eigenvalue weighted by Crippen LogP contribution is -2.55. The number of hydrogen-bond donors (Lipinski definition) is 1. The summed E-state index contributed by atoms with van der Waals surface area (Å²) in [6.45, 7) is 1.68. The number of carbonyl (C=O) groups excluding carboxylic acids is 2. The van der Waals surface area contributed by atoms with Gasteiger partial charge in [-0.05, 0) is 43.0 Å². The Balaban J connectivity index is 1.50. The van der Waals surface area contributed by atoms with Crippen molar-refractivity contribution in [3.63, 3.8) is 0 Å². The largest absolute Gasteiger partial charge is 0.454 e. The average molecular weight is 606 g/mol. The molecular weight excluding hydrogens is 566 g/mol. The van der Waals surface area contributed by atoms with Gasteiger partial charge in [0.15, 0.2) is 11.5 Å². The SMILES string of the molecule is Cc1cccc(CN(C(=O)CN(c2ccc3c(c2)OCO3)S(C)(=O)=O)[C@@H](Cc2ccccc2)C(=O)NC2CCCCC2)c1. The van der Waals surface area contributed by atoms with Crippen molar-refractivity contribution in [1.29, 1.82) is 0 Å². The summed E-state index contributed by atoms with van der Waals surface area (Å²) in [6.07, 6.45) is 6.42. The number of amides is 2. The van der Waals surface area contributed by atoms with Crippen LogP contribution in [0.4, 0.5) is 5.69 Å². The van der Waals surface area contributed by atoms with E-state index in [2.05, 4.69) is 5.32 Å². The van der Waals surface area contributed by atoms with Gasteiger partial charge in [-0.25, -0.2) is 8.42 Å². The number of sulfonamides is 1. The van der Waals surface area contributed by atoms with Crippen LogP contribution in [0, 0.1) is 6.92 Å². The molecule has 1 saturated carbocycles. The van der Waals surface area contributed by atoms with Crippen molar-refractivity contribution in [2.24, 2.45) is 0 Å². The zero-order valence-corrected chi connectivity index (χ0v) is 25.5. The van der Waals surface area contributed by atoms with E-state index in [9.17, 15) is 18.0 Å². The third-order valence-corrected chi connectivity index (χ3v) is 9.12. The molecule has 0 bridgehead atoms. The van der Waals surface area contributed by atoms with E-state index in [1.807, 2.05) is 61.5 Å².